The maximum atomic E-state index is 11.0. The second kappa shape index (κ2) is 9.01. The van der Waals surface area contributed by atoms with Gasteiger partial charge in [-0.1, -0.05) is 35.3 Å². The Balaban J connectivity index is 1.55. The van der Waals surface area contributed by atoms with E-state index in [4.69, 9.17) is 27.6 Å². The highest BCUT2D eigenvalue weighted by Crippen LogP contribution is 2.33. The topological polar surface area (TPSA) is 81.5 Å². The molecule has 4 rings (SSSR count). The van der Waals surface area contributed by atoms with E-state index in [1.54, 1.807) is 66.9 Å². The van der Waals surface area contributed by atoms with E-state index in [-0.39, 0.29) is 5.69 Å². The predicted octanol–water partition coefficient (Wildman–Crippen LogP) is 7.89. The molecule has 0 aliphatic carbocycles. The minimum atomic E-state index is -0.437. The summed E-state index contributed by atoms with van der Waals surface area (Å²) in [6, 6.07) is 15.3. The third kappa shape index (κ3) is 4.85. The van der Waals surface area contributed by atoms with E-state index in [2.05, 4.69) is 25.9 Å². The average Bonchev–Trinajstić information content (AvgIpc) is 3.17. The van der Waals surface area contributed by atoms with E-state index in [0.717, 1.165) is 0 Å². The zero-order valence-electron chi connectivity index (χ0n) is 15.6. The van der Waals surface area contributed by atoms with Crippen molar-refractivity contribution in [1.82, 2.24) is 4.98 Å². The molecule has 0 aliphatic rings. The van der Waals surface area contributed by atoms with Crippen LogP contribution in [0.15, 0.2) is 74.6 Å². The largest absolute Gasteiger partial charge is 0.436 e. The Morgan fingerprint density at radius 3 is 2.74 bits per heavy atom. The van der Waals surface area contributed by atoms with Gasteiger partial charge in [0.25, 0.3) is 5.69 Å². The first kappa shape index (κ1) is 21.2. The first-order chi connectivity index (χ1) is 14.9. The molecule has 1 aromatic heterocycles. The Bertz CT molecular complexity index is 1370. The SMILES string of the molecule is O=[N+]([O-])c1cc(C=CC=Nc2ccc3oc(-c4cc(Cl)ccc4Cl)nc3c2)ccc1Br. The molecule has 154 valence electrons. The first-order valence-corrected chi connectivity index (χ1v) is 10.5. The minimum absolute atomic E-state index is 0.00573. The number of oxazole rings is 1. The third-order valence-electron chi connectivity index (χ3n) is 4.30. The Kier molecular flexibility index (Phi) is 6.18. The maximum Gasteiger partial charge on any atom is 0.284 e. The van der Waals surface area contributed by atoms with Crippen LogP contribution in [0.4, 0.5) is 11.4 Å². The van der Waals surface area contributed by atoms with E-state index in [0.29, 0.717) is 48.3 Å². The van der Waals surface area contributed by atoms with Gasteiger partial charge in [0.05, 0.1) is 25.7 Å². The van der Waals surface area contributed by atoms with Crippen molar-refractivity contribution in [3.05, 3.63) is 90.9 Å². The van der Waals surface area contributed by atoms with Crippen molar-refractivity contribution in [2.24, 2.45) is 4.99 Å². The highest BCUT2D eigenvalue weighted by molar-refractivity contribution is 9.10. The van der Waals surface area contributed by atoms with Crippen molar-refractivity contribution >= 4 is 73.9 Å². The lowest BCUT2D eigenvalue weighted by molar-refractivity contribution is -0.385. The number of fused-ring (bicyclic) bond motifs is 1. The molecule has 9 heteroatoms. The molecule has 0 amide bonds. The van der Waals surface area contributed by atoms with Crippen molar-refractivity contribution in [2.45, 2.75) is 0 Å². The van der Waals surface area contributed by atoms with Gasteiger partial charge in [-0.25, -0.2) is 4.98 Å². The normalized spacial score (nSPS) is 11.7. The summed E-state index contributed by atoms with van der Waals surface area (Å²) in [5, 5.41) is 12.1. The number of nitro benzene ring substituents is 1. The summed E-state index contributed by atoms with van der Waals surface area (Å²) in [4.78, 5) is 19.4. The van der Waals surface area contributed by atoms with Crippen LogP contribution in [0.1, 0.15) is 5.56 Å². The fraction of sp³-hybridized carbons (Fsp3) is 0. The summed E-state index contributed by atoms with van der Waals surface area (Å²) in [7, 11) is 0. The van der Waals surface area contributed by atoms with Gasteiger partial charge in [-0.3, -0.25) is 15.1 Å². The quantitative estimate of drug-likeness (QED) is 0.153. The number of halogens is 3. The monoisotopic (exact) mass is 515 g/mol. The Labute approximate surface area is 195 Å². The van der Waals surface area contributed by atoms with Gasteiger partial charge in [0, 0.05) is 17.3 Å². The molecule has 1 heterocycles. The molecule has 0 fully saturated rings. The Morgan fingerprint density at radius 2 is 1.94 bits per heavy atom. The Morgan fingerprint density at radius 1 is 1.10 bits per heavy atom. The van der Waals surface area contributed by atoms with Crippen LogP contribution in [0, 0.1) is 10.1 Å². The number of allylic oxidation sites excluding steroid dienone is 1. The summed E-state index contributed by atoms with van der Waals surface area (Å²) in [6.45, 7) is 0. The highest BCUT2D eigenvalue weighted by Gasteiger charge is 2.13. The summed E-state index contributed by atoms with van der Waals surface area (Å²) >= 11 is 15.4. The van der Waals surface area contributed by atoms with E-state index < -0.39 is 4.92 Å². The van der Waals surface area contributed by atoms with Crippen LogP contribution in [-0.4, -0.2) is 16.1 Å². The number of nitrogens with zero attached hydrogens (tertiary/aromatic N) is 3. The van der Waals surface area contributed by atoms with Gasteiger partial charge in [0.2, 0.25) is 5.89 Å². The number of rotatable bonds is 5. The van der Waals surface area contributed by atoms with Gasteiger partial charge in [-0.05, 0) is 70.0 Å². The lowest BCUT2D eigenvalue weighted by Crippen LogP contribution is -1.89. The molecule has 0 spiro atoms. The molecule has 3 aromatic carbocycles. The van der Waals surface area contributed by atoms with Crippen LogP contribution in [-0.2, 0) is 0 Å². The molecule has 0 saturated heterocycles. The zero-order valence-corrected chi connectivity index (χ0v) is 18.7. The molecule has 0 atom stereocenters. The van der Waals surface area contributed by atoms with Crippen LogP contribution >= 0.6 is 39.1 Å². The highest BCUT2D eigenvalue weighted by atomic mass is 79.9. The second-order valence-corrected chi connectivity index (χ2v) is 8.10. The number of hydrogen-bond donors (Lipinski definition) is 0. The van der Waals surface area contributed by atoms with Crippen LogP contribution in [0.2, 0.25) is 10.0 Å². The van der Waals surface area contributed by atoms with E-state index in [1.807, 2.05) is 0 Å². The first-order valence-electron chi connectivity index (χ1n) is 8.91. The number of aliphatic imine (C=N–C) groups is 1. The lowest BCUT2D eigenvalue weighted by atomic mass is 10.2. The Hall–Kier alpha value is -3.00. The number of nitro groups is 1. The van der Waals surface area contributed by atoms with E-state index in [9.17, 15) is 10.1 Å². The van der Waals surface area contributed by atoms with E-state index >= 15 is 0 Å². The summed E-state index contributed by atoms with van der Waals surface area (Å²) in [5.41, 5.74) is 3.22. The summed E-state index contributed by atoms with van der Waals surface area (Å²) in [5.74, 6) is 0.375. The molecule has 0 radical (unpaired) electrons. The van der Waals surface area contributed by atoms with Crippen molar-refractivity contribution in [2.75, 3.05) is 0 Å². The van der Waals surface area contributed by atoms with Crippen molar-refractivity contribution in [1.29, 1.82) is 0 Å². The molecule has 6 nitrogen and oxygen atoms in total. The molecule has 0 N–H and O–H groups in total. The van der Waals surface area contributed by atoms with Crippen molar-refractivity contribution in [3.63, 3.8) is 0 Å². The zero-order chi connectivity index (χ0) is 22.0. The third-order valence-corrected chi connectivity index (χ3v) is 5.53. The van der Waals surface area contributed by atoms with E-state index in [1.165, 1.54) is 6.07 Å². The lowest BCUT2D eigenvalue weighted by Gasteiger charge is -1.99. The van der Waals surface area contributed by atoms with Gasteiger partial charge in [0.15, 0.2) is 5.58 Å². The van der Waals surface area contributed by atoms with Gasteiger partial charge in [0.1, 0.15) is 5.52 Å². The number of benzene rings is 3. The second-order valence-electron chi connectivity index (χ2n) is 6.40. The van der Waals surface area contributed by atoms with Crippen LogP contribution in [0.3, 0.4) is 0 Å². The van der Waals surface area contributed by atoms with Crippen LogP contribution in [0.5, 0.6) is 0 Å². The molecule has 4 aromatic rings. The van der Waals surface area contributed by atoms with Crippen LogP contribution in [0.25, 0.3) is 28.6 Å². The van der Waals surface area contributed by atoms with Gasteiger partial charge >= 0.3 is 0 Å². The number of aromatic nitrogens is 1. The van der Waals surface area contributed by atoms with Crippen molar-refractivity contribution < 1.29 is 9.34 Å². The maximum absolute atomic E-state index is 11.0. The smallest absolute Gasteiger partial charge is 0.284 e. The van der Waals surface area contributed by atoms with Crippen LogP contribution < -0.4 is 0 Å². The van der Waals surface area contributed by atoms with Gasteiger partial charge < -0.3 is 4.42 Å². The summed E-state index contributed by atoms with van der Waals surface area (Å²) in [6.07, 6.45) is 5.04. The fourth-order valence-electron chi connectivity index (χ4n) is 2.83. The fourth-order valence-corrected chi connectivity index (χ4v) is 3.59. The standard InChI is InChI=1S/C22H12BrCl2N3O3/c23-17-6-3-13(10-20(17)28(29)30)2-1-9-26-15-5-8-21-19(12-15)27-22(31-21)16-11-14(24)4-7-18(16)25/h1-12H. The summed E-state index contributed by atoms with van der Waals surface area (Å²) < 4.78 is 6.22. The molecule has 31 heavy (non-hydrogen) atoms. The van der Waals surface area contributed by atoms with Crippen molar-refractivity contribution in [3.8, 4) is 11.5 Å². The molecule has 0 saturated carbocycles. The molecular weight excluding hydrogens is 505 g/mol. The molecule has 0 bridgehead atoms. The molecule has 0 aliphatic heterocycles. The van der Waals surface area contributed by atoms with Gasteiger partial charge in [-0.2, -0.15) is 0 Å². The predicted molar refractivity (Wildman–Crippen MR) is 127 cm³/mol. The number of hydrogen-bond acceptors (Lipinski definition) is 5. The molecule has 0 unspecified atom stereocenters. The minimum Gasteiger partial charge on any atom is -0.436 e. The van der Waals surface area contributed by atoms with Gasteiger partial charge in [-0.15, -0.1) is 0 Å². The molecular formula is C22H12BrCl2N3O3. The average molecular weight is 517 g/mol.